The van der Waals surface area contributed by atoms with Gasteiger partial charge in [0.2, 0.25) is 0 Å². The van der Waals surface area contributed by atoms with E-state index in [1.165, 1.54) is 161 Å². The van der Waals surface area contributed by atoms with E-state index in [0.29, 0.717) is 19.3 Å². The number of carbonyl (C=O) groups is 3. The Morgan fingerprint density at radius 1 is 0.263 bits per heavy atom. The number of allylic oxidation sites excluding steroid dienone is 18. The fourth-order valence-corrected chi connectivity index (χ4v) is 9.48. The first kappa shape index (κ1) is 76.1. The van der Waals surface area contributed by atoms with Crippen LogP contribution in [-0.4, -0.2) is 37.2 Å². The standard InChI is InChI=1S/C74H126O6/c1-4-7-10-13-16-19-22-25-28-31-33-35-36-37-38-40-41-43-46-49-52-55-58-61-64-67-73(76)79-70-71(69-78-72(75)66-63-60-57-54-51-48-45-30-27-24-21-18-15-12-9-6-3)80-74(77)68-65-62-59-56-53-50-47-44-42-39-34-32-29-26-23-20-17-14-11-8-5-2/h7-8,10-11,16-17,19-20,25-26,28-30,33-35,39,45,71H,4-6,9,12-15,18,21-24,27,31-32,36-38,40-44,46-70H2,1-3H3/b10-7-,11-8-,19-16-,20-17-,28-25-,29-26-,35-33-,39-34-,45-30-. The fraction of sp³-hybridized carbons (Fsp3) is 0.716. The molecule has 0 aromatic heterocycles. The highest BCUT2D eigenvalue weighted by molar-refractivity contribution is 5.71. The molecule has 6 nitrogen and oxygen atoms in total. The Kier molecular flexibility index (Phi) is 64.3. The highest BCUT2D eigenvalue weighted by Crippen LogP contribution is 2.16. The van der Waals surface area contributed by atoms with Gasteiger partial charge in [-0.25, -0.2) is 0 Å². The third-order valence-electron chi connectivity index (χ3n) is 14.5. The van der Waals surface area contributed by atoms with Gasteiger partial charge < -0.3 is 14.2 Å². The van der Waals surface area contributed by atoms with Crippen LogP contribution < -0.4 is 0 Å². The number of carbonyl (C=O) groups excluding carboxylic acids is 3. The molecule has 0 saturated heterocycles. The number of esters is 3. The van der Waals surface area contributed by atoms with Crippen LogP contribution in [0.5, 0.6) is 0 Å². The average molecular weight is 1110 g/mol. The summed E-state index contributed by atoms with van der Waals surface area (Å²) in [6, 6.07) is 0. The predicted octanol–water partition coefficient (Wildman–Crippen LogP) is 23.4. The first-order valence-corrected chi connectivity index (χ1v) is 33.9. The van der Waals surface area contributed by atoms with Gasteiger partial charge in [-0.1, -0.05) is 291 Å². The Bertz CT molecular complexity index is 1610. The Morgan fingerprint density at radius 2 is 0.487 bits per heavy atom. The molecular weight excluding hydrogens is 985 g/mol. The van der Waals surface area contributed by atoms with Gasteiger partial charge in [0.1, 0.15) is 13.2 Å². The van der Waals surface area contributed by atoms with Gasteiger partial charge in [0.25, 0.3) is 0 Å². The predicted molar refractivity (Wildman–Crippen MR) is 348 cm³/mol. The molecule has 0 heterocycles. The van der Waals surface area contributed by atoms with E-state index in [2.05, 4.69) is 130 Å². The second-order valence-electron chi connectivity index (χ2n) is 22.3. The zero-order chi connectivity index (χ0) is 57.8. The molecule has 458 valence electrons. The van der Waals surface area contributed by atoms with Crippen molar-refractivity contribution in [3.63, 3.8) is 0 Å². The summed E-state index contributed by atoms with van der Waals surface area (Å²) in [5.41, 5.74) is 0. The molecule has 0 fully saturated rings. The van der Waals surface area contributed by atoms with Crippen molar-refractivity contribution >= 4 is 17.9 Å². The molecule has 0 spiro atoms. The minimum atomic E-state index is -0.790. The lowest BCUT2D eigenvalue weighted by Gasteiger charge is -2.18. The second-order valence-corrected chi connectivity index (χ2v) is 22.3. The summed E-state index contributed by atoms with van der Waals surface area (Å²) in [5, 5.41) is 0. The van der Waals surface area contributed by atoms with Crippen molar-refractivity contribution in [2.75, 3.05) is 13.2 Å². The molecule has 0 rings (SSSR count). The average Bonchev–Trinajstić information content (AvgIpc) is 3.46. The summed E-state index contributed by atoms with van der Waals surface area (Å²) in [7, 11) is 0. The van der Waals surface area contributed by atoms with Crippen molar-refractivity contribution in [1.82, 2.24) is 0 Å². The molecule has 1 unspecified atom stereocenters. The van der Waals surface area contributed by atoms with Crippen LogP contribution in [0.4, 0.5) is 0 Å². The Hall–Kier alpha value is -3.93. The molecule has 0 saturated carbocycles. The minimum absolute atomic E-state index is 0.0844. The molecule has 0 bridgehead atoms. The van der Waals surface area contributed by atoms with Crippen LogP contribution in [0.25, 0.3) is 0 Å². The molecule has 0 aromatic rings. The summed E-state index contributed by atoms with van der Waals surface area (Å²) < 4.78 is 17.0. The number of ether oxygens (including phenoxy) is 3. The van der Waals surface area contributed by atoms with Crippen molar-refractivity contribution in [2.45, 2.75) is 329 Å². The zero-order valence-electron chi connectivity index (χ0n) is 52.6. The minimum Gasteiger partial charge on any atom is -0.462 e. The number of rotatable bonds is 61. The van der Waals surface area contributed by atoms with E-state index < -0.39 is 6.10 Å². The fourth-order valence-electron chi connectivity index (χ4n) is 9.48. The Morgan fingerprint density at radius 3 is 0.775 bits per heavy atom. The van der Waals surface area contributed by atoms with Crippen molar-refractivity contribution in [3.05, 3.63) is 109 Å². The smallest absolute Gasteiger partial charge is 0.306 e. The molecule has 0 aliphatic carbocycles. The normalized spacial score (nSPS) is 12.8. The monoisotopic (exact) mass is 1110 g/mol. The molecule has 0 aromatic carbocycles. The van der Waals surface area contributed by atoms with Gasteiger partial charge in [0, 0.05) is 19.3 Å². The van der Waals surface area contributed by atoms with Crippen molar-refractivity contribution in [1.29, 1.82) is 0 Å². The Labute approximate surface area is 495 Å². The second kappa shape index (κ2) is 67.6. The lowest BCUT2D eigenvalue weighted by atomic mass is 10.0. The molecule has 80 heavy (non-hydrogen) atoms. The van der Waals surface area contributed by atoms with Crippen LogP contribution in [0.2, 0.25) is 0 Å². The van der Waals surface area contributed by atoms with Crippen molar-refractivity contribution in [2.24, 2.45) is 0 Å². The van der Waals surface area contributed by atoms with E-state index in [1.54, 1.807) is 0 Å². The van der Waals surface area contributed by atoms with Crippen LogP contribution >= 0.6 is 0 Å². The summed E-state index contributed by atoms with van der Waals surface area (Å²) >= 11 is 0. The molecule has 0 N–H and O–H groups in total. The summed E-state index contributed by atoms with van der Waals surface area (Å²) in [5.74, 6) is -0.891. The van der Waals surface area contributed by atoms with Gasteiger partial charge in [-0.05, 0) is 122 Å². The first-order valence-electron chi connectivity index (χ1n) is 33.9. The van der Waals surface area contributed by atoms with Gasteiger partial charge in [0.15, 0.2) is 6.10 Å². The lowest BCUT2D eigenvalue weighted by Crippen LogP contribution is -2.30. The molecule has 0 aliphatic heterocycles. The summed E-state index contributed by atoms with van der Waals surface area (Å²) in [4.78, 5) is 38.4. The van der Waals surface area contributed by atoms with Gasteiger partial charge in [-0.15, -0.1) is 0 Å². The quantitative estimate of drug-likeness (QED) is 0.0261. The van der Waals surface area contributed by atoms with E-state index in [0.717, 1.165) is 122 Å². The van der Waals surface area contributed by atoms with Gasteiger partial charge in [-0.2, -0.15) is 0 Å². The molecular formula is C74H126O6. The number of unbranched alkanes of at least 4 members (excludes halogenated alkanes) is 32. The SMILES string of the molecule is CC/C=C\C/C=C\C/C=C\C/C=C\CCCCCCCCCCCCCCC(=O)OCC(COC(=O)CCCCCCC/C=C\CCCCCCCCC)OC(=O)CCCCCCCCCC/C=C\C/C=C\C/C=C\C/C=C\CC. The maximum Gasteiger partial charge on any atom is 0.306 e. The van der Waals surface area contributed by atoms with Crippen molar-refractivity contribution < 1.29 is 28.6 Å². The molecule has 1 atom stereocenters. The third kappa shape index (κ3) is 64.9. The van der Waals surface area contributed by atoms with Crippen LogP contribution in [0, 0.1) is 0 Å². The number of hydrogen-bond donors (Lipinski definition) is 0. The van der Waals surface area contributed by atoms with E-state index >= 15 is 0 Å². The van der Waals surface area contributed by atoms with Gasteiger partial charge in [0.05, 0.1) is 0 Å². The molecule has 0 amide bonds. The van der Waals surface area contributed by atoms with Crippen LogP contribution in [0.1, 0.15) is 323 Å². The molecule has 0 radical (unpaired) electrons. The van der Waals surface area contributed by atoms with Crippen molar-refractivity contribution in [3.8, 4) is 0 Å². The van der Waals surface area contributed by atoms with Crippen LogP contribution in [0.3, 0.4) is 0 Å². The zero-order valence-corrected chi connectivity index (χ0v) is 52.6. The topological polar surface area (TPSA) is 78.9 Å². The maximum absolute atomic E-state index is 12.9. The maximum atomic E-state index is 12.9. The van der Waals surface area contributed by atoms with E-state index in [9.17, 15) is 14.4 Å². The first-order chi connectivity index (χ1) is 39.5. The van der Waals surface area contributed by atoms with E-state index in [1.807, 2.05) is 0 Å². The third-order valence-corrected chi connectivity index (χ3v) is 14.5. The van der Waals surface area contributed by atoms with E-state index in [-0.39, 0.29) is 31.1 Å². The number of hydrogen-bond acceptors (Lipinski definition) is 6. The summed E-state index contributed by atoms with van der Waals surface area (Å²) in [6.07, 6.45) is 92.4. The lowest BCUT2D eigenvalue weighted by molar-refractivity contribution is -0.167. The molecule has 6 heteroatoms. The van der Waals surface area contributed by atoms with Gasteiger partial charge in [-0.3, -0.25) is 14.4 Å². The van der Waals surface area contributed by atoms with E-state index in [4.69, 9.17) is 14.2 Å². The largest absolute Gasteiger partial charge is 0.462 e. The molecule has 0 aliphatic rings. The summed E-state index contributed by atoms with van der Waals surface area (Å²) in [6.45, 7) is 6.43. The highest BCUT2D eigenvalue weighted by atomic mass is 16.6. The van der Waals surface area contributed by atoms with Crippen LogP contribution in [-0.2, 0) is 28.6 Å². The highest BCUT2D eigenvalue weighted by Gasteiger charge is 2.19. The Balaban J connectivity index is 4.37. The van der Waals surface area contributed by atoms with Gasteiger partial charge >= 0.3 is 17.9 Å². The van der Waals surface area contributed by atoms with Crippen LogP contribution in [0.15, 0.2) is 109 Å².